The average molecular weight is 225 g/mol. The van der Waals surface area contributed by atoms with Crippen LogP contribution in [0.2, 0.25) is 0 Å². The van der Waals surface area contributed by atoms with Crippen molar-refractivity contribution in [3.8, 4) is 0 Å². The van der Waals surface area contributed by atoms with Crippen LogP contribution in [0, 0.1) is 0 Å². The van der Waals surface area contributed by atoms with Crippen molar-refractivity contribution >= 4 is 11.7 Å². The van der Waals surface area contributed by atoms with Crippen molar-refractivity contribution in [2.75, 3.05) is 32.9 Å². The molecular formula is C10H19N5O. The molecule has 0 atom stereocenters. The minimum atomic E-state index is -0.182. The summed E-state index contributed by atoms with van der Waals surface area (Å²) in [6, 6.07) is 0. The molecule has 3 N–H and O–H groups in total. The van der Waals surface area contributed by atoms with E-state index < -0.39 is 0 Å². The van der Waals surface area contributed by atoms with Gasteiger partial charge >= 0.3 is 0 Å². The molecule has 0 aliphatic carbocycles. The molecule has 1 rings (SSSR count). The van der Waals surface area contributed by atoms with Gasteiger partial charge in [0.15, 0.2) is 0 Å². The molecule has 0 aliphatic rings. The van der Waals surface area contributed by atoms with Gasteiger partial charge in [0.05, 0.1) is 0 Å². The fourth-order valence-electron chi connectivity index (χ4n) is 1.38. The van der Waals surface area contributed by atoms with Gasteiger partial charge in [0.25, 0.3) is 5.91 Å². The van der Waals surface area contributed by atoms with Gasteiger partial charge in [-0.25, -0.2) is 4.98 Å². The summed E-state index contributed by atoms with van der Waals surface area (Å²) in [6.07, 6.45) is 2.54. The maximum absolute atomic E-state index is 11.7. The SMILES string of the molecule is CN(C)CCCNC(=O)c1nc(N)cn1C. The van der Waals surface area contributed by atoms with Crippen LogP contribution in [0.5, 0.6) is 0 Å². The molecular weight excluding hydrogens is 206 g/mol. The fraction of sp³-hybridized carbons (Fsp3) is 0.600. The van der Waals surface area contributed by atoms with Gasteiger partial charge in [-0.15, -0.1) is 0 Å². The molecule has 0 fully saturated rings. The molecule has 6 heteroatoms. The highest BCUT2D eigenvalue weighted by atomic mass is 16.2. The Morgan fingerprint density at radius 1 is 1.62 bits per heavy atom. The zero-order valence-corrected chi connectivity index (χ0v) is 10.0. The fourth-order valence-corrected chi connectivity index (χ4v) is 1.38. The van der Waals surface area contributed by atoms with Crippen LogP contribution in [-0.4, -0.2) is 47.5 Å². The van der Waals surface area contributed by atoms with Gasteiger partial charge in [-0.1, -0.05) is 0 Å². The third-order valence-electron chi connectivity index (χ3n) is 2.17. The Hall–Kier alpha value is -1.56. The Kier molecular flexibility index (Phi) is 4.30. The maximum Gasteiger partial charge on any atom is 0.287 e. The van der Waals surface area contributed by atoms with E-state index >= 15 is 0 Å². The number of carbonyl (C=O) groups excluding carboxylic acids is 1. The minimum absolute atomic E-state index is 0.182. The highest BCUT2D eigenvalue weighted by Gasteiger charge is 2.11. The molecule has 1 amide bonds. The topological polar surface area (TPSA) is 76.2 Å². The van der Waals surface area contributed by atoms with Gasteiger partial charge < -0.3 is 20.5 Å². The van der Waals surface area contributed by atoms with Crippen LogP contribution in [0.3, 0.4) is 0 Å². The smallest absolute Gasteiger partial charge is 0.287 e. The van der Waals surface area contributed by atoms with E-state index in [9.17, 15) is 4.79 Å². The van der Waals surface area contributed by atoms with Gasteiger partial charge in [-0.05, 0) is 27.1 Å². The first-order valence-electron chi connectivity index (χ1n) is 5.22. The van der Waals surface area contributed by atoms with Gasteiger partial charge in [0.2, 0.25) is 5.82 Å². The molecule has 0 unspecified atom stereocenters. The molecule has 0 aliphatic heterocycles. The first-order chi connectivity index (χ1) is 7.50. The van der Waals surface area contributed by atoms with E-state index in [1.54, 1.807) is 17.8 Å². The predicted octanol–water partition coefficient (Wildman–Crippen LogP) is -0.316. The summed E-state index contributed by atoms with van der Waals surface area (Å²) in [4.78, 5) is 17.7. The molecule has 0 spiro atoms. The third-order valence-corrected chi connectivity index (χ3v) is 2.17. The number of hydrogen-bond acceptors (Lipinski definition) is 4. The number of carbonyl (C=O) groups is 1. The van der Waals surface area contributed by atoms with Crippen molar-refractivity contribution in [1.82, 2.24) is 19.8 Å². The van der Waals surface area contributed by atoms with Crippen molar-refractivity contribution in [2.24, 2.45) is 7.05 Å². The summed E-state index contributed by atoms with van der Waals surface area (Å²) in [6.45, 7) is 1.59. The molecule has 1 aromatic heterocycles. The number of hydrogen-bond donors (Lipinski definition) is 2. The van der Waals surface area contributed by atoms with Crippen molar-refractivity contribution in [1.29, 1.82) is 0 Å². The number of rotatable bonds is 5. The number of nitrogens with zero attached hydrogens (tertiary/aromatic N) is 3. The molecule has 16 heavy (non-hydrogen) atoms. The van der Waals surface area contributed by atoms with Crippen molar-refractivity contribution in [3.05, 3.63) is 12.0 Å². The normalized spacial score (nSPS) is 10.8. The first kappa shape index (κ1) is 12.5. The van der Waals surface area contributed by atoms with Crippen LogP contribution in [0.1, 0.15) is 17.0 Å². The summed E-state index contributed by atoms with van der Waals surface area (Å²) >= 11 is 0. The van der Waals surface area contributed by atoms with E-state index in [1.165, 1.54) is 0 Å². The summed E-state index contributed by atoms with van der Waals surface area (Å²) in [5, 5.41) is 2.80. The molecule has 0 radical (unpaired) electrons. The lowest BCUT2D eigenvalue weighted by Gasteiger charge is -2.09. The van der Waals surface area contributed by atoms with Crippen LogP contribution in [0.4, 0.5) is 5.82 Å². The van der Waals surface area contributed by atoms with Crippen LogP contribution >= 0.6 is 0 Å². The molecule has 0 bridgehead atoms. The van der Waals surface area contributed by atoms with Gasteiger partial charge in [-0.2, -0.15) is 0 Å². The second-order valence-corrected chi connectivity index (χ2v) is 4.01. The quantitative estimate of drug-likeness (QED) is 0.674. The van der Waals surface area contributed by atoms with Crippen molar-refractivity contribution in [2.45, 2.75) is 6.42 Å². The van der Waals surface area contributed by atoms with Crippen molar-refractivity contribution < 1.29 is 4.79 Å². The molecule has 0 saturated carbocycles. The van der Waals surface area contributed by atoms with E-state index in [-0.39, 0.29) is 5.91 Å². The molecule has 1 aromatic rings. The summed E-state index contributed by atoms with van der Waals surface area (Å²) < 4.78 is 1.62. The van der Waals surface area contributed by atoms with E-state index in [1.807, 2.05) is 14.1 Å². The number of aryl methyl sites for hydroxylation is 1. The molecule has 1 heterocycles. The second kappa shape index (κ2) is 5.50. The number of imidazole rings is 1. The van der Waals surface area contributed by atoms with Crippen LogP contribution in [-0.2, 0) is 7.05 Å². The van der Waals surface area contributed by atoms with Crippen LogP contribution in [0.25, 0.3) is 0 Å². The Bertz CT molecular complexity index is 358. The largest absolute Gasteiger partial charge is 0.382 e. The highest BCUT2D eigenvalue weighted by Crippen LogP contribution is 2.01. The van der Waals surface area contributed by atoms with Gasteiger partial charge in [0.1, 0.15) is 5.82 Å². The third kappa shape index (κ3) is 3.54. The van der Waals surface area contributed by atoms with Gasteiger partial charge in [0, 0.05) is 19.8 Å². The Labute approximate surface area is 95.4 Å². The van der Waals surface area contributed by atoms with E-state index in [2.05, 4.69) is 15.2 Å². The molecule has 6 nitrogen and oxygen atoms in total. The lowest BCUT2D eigenvalue weighted by molar-refractivity contribution is 0.0939. The summed E-state index contributed by atoms with van der Waals surface area (Å²) in [5.41, 5.74) is 5.49. The summed E-state index contributed by atoms with van der Waals surface area (Å²) in [5.74, 6) is 0.529. The maximum atomic E-state index is 11.7. The number of nitrogens with two attached hydrogens (primary N) is 1. The Morgan fingerprint density at radius 2 is 2.31 bits per heavy atom. The zero-order chi connectivity index (χ0) is 12.1. The Morgan fingerprint density at radius 3 is 2.81 bits per heavy atom. The lowest BCUT2D eigenvalue weighted by Crippen LogP contribution is -2.29. The number of nitrogens with one attached hydrogen (secondary N) is 1. The number of amides is 1. The first-order valence-corrected chi connectivity index (χ1v) is 5.22. The standard InChI is InChI=1S/C10H19N5O/c1-14(2)6-4-5-12-10(16)9-13-8(11)7-15(9)3/h7H,4-6,11H2,1-3H3,(H,12,16). The molecule has 0 aromatic carbocycles. The van der Waals surface area contributed by atoms with E-state index in [0.717, 1.165) is 13.0 Å². The summed E-state index contributed by atoms with van der Waals surface area (Å²) in [7, 11) is 5.75. The van der Waals surface area contributed by atoms with E-state index in [0.29, 0.717) is 18.2 Å². The lowest BCUT2D eigenvalue weighted by atomic mass is 10.4. The number of aromatic nitrogens is 2. The molecule has 0 saturated heterocycles. The minimum Gasteiger partial charge on any atom is -0.382 e. The van der Waals surface area contributed by atoms with Crippen molar-refractivity contribution in [3.63, 3.8) is 0 Å². The average Bonchev–Trinajstić information content (AvgIpc) is 2.52. The second-order valence-electron chi connectivity index (χ2n) is 4.01. The monoisotopic (exact) mass is 225 g/mol. The van der Waals surface area contributed by atoms with Crippen LogP contribution in [0.15, 0.2) is 6.20 Å². The zero-order valence-electron chi connectivity index (χ0n) is 10.0. The van der Waals surface area contributed by atoms with Gasteiger partial charge in [-0.3, -0.25) is 4.79 Å². The number of nitrogen functional groups attached to an aromatic ring is 1. The highest BCUT2D eigenvalue weighted by molar-refractivity contribution is 5.91. The van der Waals surface area contributed by atoms with Crippen LogP contribution < -0.4 is 11.1 Å². The van der Waals surface area contributed by atoms with E-state index in [4.69, 9.17) is 5.73 Å². The number of anilines is 1. The molecule has 90 valence electrons. The predicted molar refractivity (Wildman–Crippen MR) is 63.1 cm³/mol. The Balaban J connectivity index is 2.38.